The number of nitrogens with one attached hydrogen (secondary N) is 2. The number of fused-ring (bicyclic) bond motifs is 4. The van der Waals surface area contributed by atoms with Crippen LogP contribution in [-0.2, 0) is 5.41 Å². The van der Waals surface area contributed by atoms with Crippen molar-refractivity contribution in [1.29, 1.82) is 0 Å². The number of benzene rings is 2. The minimum atomic E-state index is -0.113. The number of aromatic amines is 1. The Bertz CT molecular complexity index is 1050. The van der Waals surface area contributed by atoms with E-state index in [2.05, 4.69) is 73.9 Å². The summed E-state index contributed by atoms with van der Waals surface area (Å²) in [5, 5.41) is 18.2. The van der Waals surface area contributed by atoms with E-state index in [-0.39, 0.29) is 17.4 Å². The maximum Gasteiger partial charge on any atom is 0.204 e. The highest BCUT2D eigenvalue weighted by atomic mass is 79.9. The number of methoxy groups -OCH3 is 1. The number of hydrogen-bond acceptors (Lipinski definition) is 6. The van der Waals surface area contributed by atoms with Gasteiger partial charge in [-0.1, -0.05) is 29.8 Å². The van der Waals surface area contributed by atoms with Crippen molar-refractivity contribution in [2.24, 2.45) is 5.92 Å². The second-order valence-corrected chi connectivity index (χ2v) is 8.70. The van der Waals surface area contributed by atoms with Gasteiger partial charge in [0.15, 0.2) is 11.5 Å². The van der Waals surface area contributed by atoms with E-state index in [1.807, 2.05) is 12.1 Å². The first-order chi connectivity index (χ1) is 13.5. The van der Waals surface area contributed by atoms with Crippen molar-refractivity contribution >= 4 is 21.6 Å². The molecular weight excluding hydrogens is 422 g/mol. The third-order valence-electron chi connectivity index (χ3n) is 5.97. The van der Waals surface area contributed by atoms with Crippen LogP contribution in [0.5, 0.6) is 11.5 Å². The predicted molar refractivity (Wildman–Crippen MR) is 109 cm³/mol. The average Bonchev–Trinajstić information content (AvgIpc) is 3.22. The molecule has 0 saturated heterocycles. The van der Waals surface area contributed by atoms with E-state index in [1.54, 1.807) is 7.11 Å². The van der Waals surface area contributed by atoms with Crippen molar-refractivity contribution < 1.29 is 9.47 Å². The Morgan fingerprint density at radius 1 is 1.25 bits per heavy atom. The Morgan fingerprint density at radius 3 is 2.86 bits per heavy atom. The smallest absolute Gasteiger partial charge is 0.204 e. The monoisotopic (exact) mass is 441 g/mol. The van der Waals surface area contributed by atoms with Crippen LogP contribution in [0, 0.1) is 5.92 Å². The Kier molecular flexibility index (Phi) is 3.87. The van der Waals surface area contributed by atoms with Gasteiger partial charge in [0.05, 0.1) is 19.8 Å². The Morgan fingerprint density at radius 2 is 2.11 bits per heavy atom. The van der Waals surface area contributed by atoms with Gasteiger partial charge in [0.1, 0.15) is 0 Å². The van der Waals surface area contributed by atoms with E-state index in [4.69, 9.17) is 9.47 Å². The molecule has 3 aromatic rings. The van der Waals surface area contributed by atoms with Gasteiger partial charge in [0.2, 0.25) is 5.82 Å². The maximum absolute atomic E-state index is 6.20. The molecule has 2 aliphatic heterocycles. The van der Waals surface area contributed by atoms with Gasteiger partial charge in [-0.3, -0.25) is 0 Å². The number of aromatic nitrogens is 4. The van der Waals surface area contributed by atoms with Crippen molar-refractivity contribution in [3.05, 3.63) is 45.9 Å². The van der Waals surface area contributed by atoms with Gasteiger partial charge in [-0.25, -0.2) is 0 Å². The number of H-pyrrole nitrogens is 1. The normalized spacial score (nSPS) is 21.6. The second kappa shape index (κ2) is 6.20. The lowest BCUT2D eigenvalue weighted by molar-refractivity contribution is 0.131. The van der Waals surface area contributed by atoms with E-state index in [9.17, 15) is 0 Å². The lowest BCUT2D eigenvalue weighted by Crippen LogP contribution is -2.46. The molecule has 0 aliphatic carbocycles. The van der Waals surface area contributed by atoms with E-state index < -0.39 is 0 Å². The Labute approximate surface area is 171 Å². The molecule has 5 rings (SSSR count). The average molecular weight is 442 g/mol. The van der Waals surface area contributed by atoms with Crippen LogP contribution >= 0.6 is 15.9 Å². The number of anilines is 1. The van der Waals surface area contributed by atoms with Gasteiger partial charge >= 0.3 is 0 Å². The van der Waals surface area contributed by atoms with Crippen LogP contribution in [0.2, 0.25) is 0 Å². The molecule has 8 heteroatoms. The first kappa shape index (κ1) is 17.5. The van der Waals surface area contributed by atoms with E-state index >= 15 is 0 Å². The molecule has 0 bridgehead atoms. The molecule has 0 saturated carbocycles. The summed E-state index contributed by atoms with van der Waals surface area (Å²) in [5.41, 5.74) is 4.29. The van der Waals surface area contributed by atoms with Crippen LogP contribution in [0.1, 0.15) is 31.0 Å². The van der Waals surface area contributed by atoms with Crippen molar-refractivity contribution in [3.8, 4) is 22.9 Å². The molecule has 0 fully saturated rings. The molecule has 1 aromatic heterocycles. The zero-order valence-corrected chi connectivity index (χ0v) is 17.4. The molecule has 3 heterocycles. The van der Waals surface area contributed by atoms with Crippen molar-refractivity contribution in [2.45, 2.75) is 25.3 Å². The van der Waals surface area contributed by atoms with E-state index in [0.717, 1.165) is 32.8 Å². The lowest BCUT2D eigenvalue weighted by atomic mass is 9.65. The topological polar surface area (TPSA) is 85.0 Å². The van der Waals surface area contributed by atoms with Gasteiger partial charge in [-0.2, -0.15) is 5.21 Å². The standard InChI is InChI=1S/C20H20BrN5O2/c1-20(2)13-6-10(19-23-25-26-24-19)4-5-15(13)22-17-12-7-11(21)8-16(27-3)18(12)28-9-14(17)20/h4-8,14,17,22H,9H2,1-3H3,(H,23,24,25,26)/t14-,17-/m1/s1. The number of tetrazole rings is 1. The molecule has 0 unspecified atom stereocenters. The summed E-state index contributed by atoms with van der Waals surface area (Å²) < 4.78 is 12.7. The van der Waals surface area contributed by atoms with Gasteiger partial charge in [0.25, 0.3) is 0 Å². The summed E-state index contributed by atoms with van der Waals surface area (Å²) in [6.45, 7) is 5.16. The summed E-state index contributed by atoms with van der Waals surface area (Å²) in [6.07, 6.45) is 0. The molecule has 0 spiro atoms. The third kappa shape index (κ3) is 2.51. The lowest BCUT2D eigenvalue weighted by Gasteiger charge is -2.48. The predicted octanol–water partition coefficient (Wildman–Crippen LogP) is 4.09. The molecule has 0 amide bonds. The van der Waals surface area contributed by atoms with Gasteiger partial charge in [-0.15, -0.1) is 10.2 Å². The van der Waals surface area contributed by atoms with Crippen LogP contribution in [-0.4, -0.2) is 34.3 Å². The van der Waals surface area contributed by atoms with Crippen LogP contribution in [0.15, 0.2) is 34.8 Å². The first-order valence-electron chi connectivity index (χ1n) is 9.14. The molecule has 2 aromatic carbocycles. The first-order valence-corrected chi connectivity index (χ1v) is 9.93. The summed E-state index contributed by atoms with van der Waals surface area (Å²) >= 11 is 3.60. The third-order valence-corrected chi connectivity index (χ3v) is 6.43. The van der Waals surface area contributed by atoms with Crippen LogP contribution in [0.25, 0.3) is 11.4 Å². The van der Waals surface area contributed by atoms with Crippen LogP contribution in [0.3, 0.4) is 0 Å². The van der Waals surface area contributed by atoms with E-state index in [1.165, 1.54) is 5.56 Å². The second-order valence-electron chi connectivity index (χ2n) is 7.78. The number of nitrogens with zero attached hydrogens (tertiary/aromatic N) is 3. The molecule has 7 nitrogen and oxygen atoms in total. The Hall–Kier alpha value is -2.61. The molecular formula is C20H20BrN5O2. The van der Waals surface area contributed by atoms with Gasteiger partial charge in [0, 0.05) is 32.6 Å². The van der Waals surface area contributed by atoms with Crippen molar-refractivity contribution in [2.75, 3.05) is 19.0 Å². The molecule has 144 valence electrons. The Balaban J connectivity index is 1.63. The summed E-state index contributed by atoms with van der Waals surface area (Å²) in [4.78, 5) is 0. The highest BCUT2D eigenvalue weighted by Gasteiger charge is 2.47. The fraction of sp³-hybridized carbons (Fsp3) is 0.350. The fourth-order valence-electron chi connectivity index (χ4n) is 4.41. The summed E-state index contributed by atoms with van der Waals surface area (Å²) in [6, 6.07) is 10.5. The zero-order chi connectivity index (χ0) is 19.5. The number of hydrogen-bond donors (Lipinski definition) is 2. The maximum atomic E-state index is 6.20. The number of halogens is 1. The van der Waals surface area contributed by atoms with Gasteiger partial charge in [-0.05, 0) is 41.1 Å². The zero-order valence-electron chi connectivity index (χ0n) is 15.8. The van der Waals surface area contributed by atoms with Crippen molar-refractivity contribution in [1.82, 2.24) is 20.6 Å². The summed E-state index contributed by atoms with van der Waals surface area (Å²) in [5.74, 6) is 2.43. The fourth-order valence-corrected chi connectivity index (χ4v) is 4.86. The number of rotatable bonds is 2. The largest absolute Gasteiger partial charge is 0.493 e. The summed E-state index contributed by atoms with van der Waals surface area (Å²) in [7, 11) is 1.67. The van der Waals surface area contributed by atoms with E-state index in [0.29, 0.717) is 12.4 Å². The van der Waals surface area contributed by atoms with Crippen molar-refractivity contribution in [3.63, 3.8) is 0 Å². The van der Waals surface area contributed by atoms with Crippen LogP contribution in [0.4, 0.5) is 5.69 Å². The quantitative estimate of drug-likeness (QED) is 0.622. The van der Waals surface area contributed by atoms with Gasteiger partial charge < -0.3 is 14.8 Å². The molecule has 2 atom stereocenters. The molecule has 0 radical (unpaired) electrons. The molecule has 2 aliphatic rings. The highest BCUT2D eigenvalue weighted by molar-refractivity contribution is 9.10. The highest BCUT2D eigenvalue weighted by Crippen LogP contribution is 2.54. The van der Waals surface area contributed by atoms with Crippen LogP contribution < -0.4 is 14.8 Å². The number of ether oxygens (including phenoxy) is 2. The minimum absolute atomic E-state index is 0.113. The molecule has 28 heavy (non-hydrogen) atoms. The molecule has 2 N–H and O–H groups in total. The SMILES string of the molecule is COc1cc(Br)cc2c1OC[C@@H]1[C@@H]2Nc2ccc(-c3nn[nH]n3)cc2C1(C)C. The minimum Gasteiger partial charge on any atom is -0.493 e.